The average Bonchev–Trinajstić information content (AvgIpc) is 3.06. The average molecular weight is 417 g/mol. The fraction of sp³-hybridized carbons (Fsp3) is 0.125. The standard InChI is InChI=1S/C16H12Cl3N3O2S/c17-12-3-1-11(2-4-12)15-9-10-22(20-15)16(19)21-25(23,24)14-7-5-13(18)6-8-14/h1-8H,9-10H2/b21-16+. The monoisotopic (exact) mass is 415 g/mol. The van der Waals surface area contributed by atoms with Gasteiger partial charge in [-0.05, 0) is 53.6 Å². The Balaban J connectivity index is 1.83. The number of rotatable bonds is 3. The molecule has 3 rings (SSSR count). The van der Waals surface area contributed by atoms with Crippen molar-refractivity contribution < 1.29 is 8.42 Å². The van der Waals surface area contributed by atoms with E-state index >= 15 is 0 Å². The van der Waals surface area contributed by atoms with Crippen LogP contribution >= 0.6 is 34.8 Å². The molecule has 0 saturated heterocycles. The van der Waals surface area contributed by atoms with Crippen molar-refractivity contribution in [3.8, 4) is 0 Å². The van der Waals surface area contributed by atoms with Crippen LogP contribution in [0.4, 0.5) is 0 Å². The molecule has 1 heterocycles. The van der Waals surface area contributed by atoms with Gasteiger partial charge in [-0.1, -0.05) is 35.3 Å². The summed E-state index contributed by atoms with van der Waals surface area (Å²) in [6.45, 7) is 0.441. The zero-order valence-corrected chi connectivity index (χ0v) is 15.8. The highest BCUT2D eigenvalue weighted by atomic mass is 35.5. The Labute approximate surface area is 160 Å². The van der Waals surface area contributed by atoms with Crippen LogP contribution in [0.1, 0.15) is 12.0 Å². The molecule has 0 atom stereocenters. The van der Waals surface area contributed by atoms with Crippen molar-refractivity contribution in [1.82, 2.24) is 5.01 Å². The third-order valence-electron chi connectivity index (χ3n) is 3.50. The molecule has 1 aliphatic heterocycles. The predicted octanol–water partition coefficient (Wildman–Crippen LogP) is 4.39. The van der Waals surface area contributed by atoms with Crippen LogP contribution in [0.25, 0.3) is 0 Å². The van der Waals surface area contributed by atoms with E-state index in [1.165, 1.54) is 29.3 Å². The molecule has 0 N–H and O–H groups in total. The molecule has 1 aliphatic rings. The van der Waals surface area contributed by atoms with E-state index in [0.29, 0.717) is 23.0 Å². The second-order valence-corrected chi connectivity index (χ2v) is 8.03. The third-order valence-corrected chi connectivity index (χ3v) is 5.66. The number of amidine groups is 1. The van der Waals surface area contributed by atoms with Crippen molar-refractivity contribution in [3.63, 3.8) is 0 Å². The lowest BCUT2D eigenvalue weighted by Gasteiger charge is -2.10. The van der Waals surface area contributed by atoms with E-state index in [1.807, 2.05) is 12.1 Å². The fourth-order valence-electron chi connectivity index (χ4n) is 2.24. The lowest BCUT2D eigenvalue weighted by molar-refractivity contribution is 0.500. The first-order valence-corrected chi connectivity index (χ1v) is 9.79. The summed E-state index contributed by atoms with van der Waals surface area (Å²) in [4.78, 5) is 0.0103. The van der Waals surface area contributed by atoms with Crippen molar-refractivity contribution in [2.24, 2.45) is 9.50 Å². The first-order valence-electron chi connectivity index (χ1n) is 7.22. The Morgan fingerprint density at radius 3 is 2.16 bits per heavy atom. The normalized spacial score (nSPS) is 15.4. The number of sulfonamides is 1. The molecule has 5 nitrogen and oxygen atoms in total. The summed E-state index contributed by atoms with van der Waals surface area (Å²) in [6, 6.07) is 12.9. The Morgan fingerprint density at radius 1 is 1.00 bits per heavy atom. The molecule has 9 heteroatoms. The molecule has 0 bridgehead atoms. The Morgan fingerprint density at radius 2 is 1.56 bits per heavy atom. The van der Waals surface area contributed by atoms with Crippen LogP contribution in [0.3, 0.4) is 0 Å². The number of hydrogen-bond donors (Lipinski definition) is 0. The molecule has 0 spiro atoms. The van der Waals surface area contributed by atoms with Gasteiger partial charge in [0.05, 0.1) is 10.6 Å². The largest absolute Gasteiger partial charge is 0.285 e. The Bertz CT molecular complexity index is 940. The van der Waals surface area contributed by atoms with Gasteiger partial charge in [0, 0.05) is 23.0 Å². The number of halogens is 3. The zero-order valence-electron chi connectivity index (χ0n) is 12.7. The maximum atomic E-state index is 12.3. The summed E-state index contributed by atoms with van der Waals surface area (Å²) in [5, 5.41) is 6.56. The van der Waals surface area contributed by atoms with E-state index in [2.05, 4.69) is 9.50 Å². The molecular formula is C16H12Cl3N3O2S. The van der Waals surface area contributed by atoms with Crippen molar-refractivity contribution in [2.45, 2.75) is 11.3 Å². The highest BCUT2D eigenvalue weighted by Crippen LogP contribution is 2.20. The molecule has 0 aliphatic carbocycles. The molecule has 0 aromatic heterocycles. The van der Waals surface area contributed by atoms with Gasteiger partial charge < -0.3 is 0 Å². The van der Waals surface area contributed by atoms with Gasteiger partial charge in [-0.2, -0.15) is 13.5 Å². The van der Waals surface area contributed by atoms with E-state index in [-0.39, 0.29) is 10.2 Å². The summed E-state index contributed by atoms with van der Waals surface area (Å²) in [5.74, 6) is 0. The van der Waals surface area contributed by atoms with E-state index in [1.54, 1.807) is 12.1 Å². The van der Waals surface area contributed by atoms with Crippen molar-refractivity contribution in [2.75, 3.05) is 6.54 Å². The summed E-state index contributed by atoms with van der Waals surface area (Å²) in [5.41, 5.74) is 1.69. The van der Waals surface area contributed by atoms with Gasteiger partial charge in [-0.3, -0.25) is 0 Å². The van der Waals surface area contributed by atoms with Crippen LogP contribution in [0.5, 0.6) is 0 Å². The van der Waals surface area contributed by atoms with Crippen LogP contribution in [0.15, 0.2) is 62.9 Å². The van der Waals surface area contributed by atoms with Crippen molar-refractivity contribution >= 4 is 55.8 Å². The second-order valence-electron chi connectivity index (χ2n) is 5.22. The van der Waals surface area contributed by atoms with Gasteiger partial charge in [0.1, 0.15) is 0 Å². The van der Waals surface area contributed by atoms with Gasteiger partial charge in [0.15, 0.2) is 0 Å². The second kappa shape index (κ2) is 7.33. The number of nitrogens with zero attached hydrogens (tertiary/aromatic N) is 3. The predicted molar refractivity (Wildman–Crippen MR) is 101 cm³/mol. The molecular weight excluding hydrogens is 405 g/mol. The summed E-state index contributed by atoms with van der Waals surface area (Å²) in [6.07, 6.45) is 0.619. The molecule has 0 radical (unpaired) electrons. The number of benzene rings is 2. The summed E-state index contributed by atoms with van der Waals surface area (Å²) in [7, 11) is -3.93. The van der Waals surface area contributed by atoms with Crippen LogP contribution in [-0.4, -0.2) is 31.0 Å². The molecule has 130 valence electrons. The van der Waals surface area contributed by atoms with Crippen molar-refractivity contribution in [3.05, 3.63) is 64.1 Å². The van der Waals surface area contributed by atoms with E-state index in [9.17, 15) is 8.42 Å². The molecule has 2 aromatic rings. The highest BCUT2D eigenvalue weighted by Gasteiger charge is 2.22. The minimum absolute atomic E-state index is 0.0103. The zero-order chi connectivity index (χ0) is 18.0. The van der Waals surface area contributed by atoms with Crippen LogP contribution in [-0.2, 0) is 10.0 Å². The smallest absolute Gasteiger partial charge is 0.237 e. The minimum atomic E-state index is -3.93. The first kappa shape index (κ1) is 18.2. The first-order chi connectivity index (χ1) is 11.8. The topological polar surface area (TPSA) is 62.1 Å². The van der Waals surface area contributed by atoms with Gasteiger partial charge in [-0.15, -0.1) is 4.40 Å². The van der Waals surface area contributed by atoms with Gasteiger partial charge in [0.25, 0.3) is 10.0 Å². The molecule has 2 aromatic carbocycles. The van der Waals surface area contributed by atoms with Crippen LogP contribution in [0.2, 0.25) is 10.0 Å². The molecule has 0 fully saturated rings. The van der Waals surface area contributed by atoms with E-state index in [4.69, 9.17) is 34.8 Å². The third kappa shape index (κ3) is 4.33. The summed E-state index contributed by atoms with van der Waals surface area (Å²) >= 11 is 17.7. The number of hydrazone groups is 1. The molecule has 25 heavy (non-hydrogen) atoms. The SMILES string of the molecule is O=S(=O)(/N=C(\Cl)N1CCC(c2ccc(Cl)cc2)=N1)c1ccc(Cl)cc1. The fourth-order valence-corrected chi connectivity index (χ4v) is 3.77. The molecule has 0 saturated carbocycles. The van der Waals surface area contributed by atoms with Crippen molar-refractivity contribution in [1.29, 1.82) is 0 Å². The van der Waals surface area contributed by atoms with Crippen LogP contribution < -0.4 is 0 Å². The van der Waals surface area contributed by atoms with Gasteiger partial charge in [0.2, 0.25) is 5.29 Å². The van der Waals surface area contributed by atoms with Gasteiger partial charge >= 0.3 is 0 Å². The van der Waals surface area contributed by atoms with E-state index < -0.39 is 10.0 Å². The molecule has 0 amide bonds. The van der Waals surface area contributed by atoms with Crippen LogP contribution in [0, 0.1) is 0 Å². The lowest BCUT2D eigenvalue weighted by atomic mass is 10.1. The maximum absolute atomic E-state index is 12.3. The quantitative estimate of drug-likeness (QED) is 0.423. The molecule has 0 unspecified atom stereocenters. The highest BCUT2D eigenvalue weighted by molar-refractivity contribution is 7.90. The van der Waals surface area contributed by atoms with Gasteiger partial charge in [-0.25, -0.2) is 5.01 Å². The Kier molecular flexibility index (Phi) is 5.34. The summed E-state index contributed by atoms with van der Waals surface area (Å²) < 4.78 is 28.2. The van der Waals surface area contributed by atoms with E-state index in [0.717, 1.165) is 11.3 Å². The minimum Gasteiger partial charge on any atom is -0.237 e. The maximum Gasteiger partial charge on any atom is 0.285 e. The lowest BCUT2D eigenvalue weighted by Crippen LogP contribution is -2.19. The Hall–Kier alpha value is -1.60. The number of hydrogen-bond acceptors (Lipinski definition) is 3.